The van der Waals surface area contributed by atoms with Gasteiger partial charge in [-0.15, -0.1) is 0 Å². The molecule has 0 radical (unpaired) electrons. The number of hydrogen-bond acceptors (Lipinski definition) is 4. The van der Waals surface area contributed by atoms with Gasteiger partial charge in [0.15, 0.2) is 10.2 Å². The van der Waals surface area contributed by atoms with Crippen molar-refractivity contribution in [2.45, 2.75) is 23.6 Å². The van der Waals surface area contributed by atoms with Gasteiger partial charge >= 0.3 is 0 Å². The monoisotopic (exact) mass is 226 g/mol. The number of thioether (sulfide) groups is 2. The predicted molar refractivity (Wildman–Crippen MR) is 59.5 cm³/mol. The number of rotatable bonds is 2. The molecule has 4 heteroatoms. The molecular formula is C10H10O2S2. The van der Waals surface area contributed by atoms with Crippen LogP contribution in [0.1, 0.15) is 13.8 Å². The van der Waals surface area contributed by atoms with E-state index in [1.807, 2.05) is 24.3 Å². The minimum Gasteiger partial charge on any atom is -0.287 e. The zero-order valence-electron chi connectivity index (χ0n) is 7.94. The first-order valence-corrected chi connectivity index (χ1v) is 5.68. The highest BCUT2D eigenvalue weighted by Crippen LogP contribution is 2.25. The highest BCUT2D eigenvalue weighted by atomic mass is 32.2. The van der Waals surface area contributed by atoms with Crippen LogP contribution in [0, 0.1) is 0 Å². The second-order valence-electron chi connectivity index (χ2n) is 2.66. The summed E-state index contributed by atoms with van der Waals surface area (Å²) in [4.78, 5) is 23.4. The van der Waals surface area contributed by atoms with Crippen molar-refractivity contribution in [3.63, 3.8) is 0 Å². The number of benzene rings is 1. The number of hydrogen-bond donors (Lipinski definition) is 0. The van der Waals surface area contributed by atoms with Crippen LogP contribution in [-0.2, 0) is 9.59 Å². The zero-order chi connectivity index (χ0) is 10.6. The van der Waals surface area contributed by atoms with Crippen LogP contribution in [0.4, 0.5) is 0 Å². The molecule has 1 rings (SSSR count). The third kappa shape index (κ3) is 3.98. The van der Waals surface area contributed by atoms with Crippen LogP contribution in [0.3, 0.4) is 0 Å². The van der Waals surface area contributed by atoms with Crippen LogP contribution in [-0.4, -0.2) is 10.2 Å². The summed E-state index contributed by atoms with van der Waals surface area (Å²) in [6.45, 7) is 3.05. The van der Waals surface area contributed by atoms with Gasteiger partial charge in [0.25, 0.3) is 0 Å². The van der Waals surface area contributed by atoms with Crippen molar-refractivity contribution in [1.82, 2.24) is 0 Å². The van der Waals surface area contributed by atoms with E-state index in [9.17, 15) is 9.59 Å². The fourth-order valence-corrected chi connectivity index (χ4v) is 2.34. The topological polar surface area (TPSA) is 34.1 Å². The van der Waals surface area contributed by atoms with Gasteiger partial charge in [-0.2, -0.15) is 0 Å². The number of carbonyl (C=O) groups excluding carboxylic acids is 2. The van der Waals surface area contributed by atoms with Crippen LogP contribution in [0.25, 0.3) is 0 Å². The van der Waals surface area contributed by atoms with Gasteiger partial charge in [0.05, 0.1) is 0 Å². The van der Waals surface area contributed by atoms with Crippen LogP contribution < -0.4 is 0 Å². The van der Waals surface area contributed by atoms with E-state index in [1.54, 1.807) is 0 Å². The average molecular weight is 226 g/mol. The lowest BCUT2D eigenvalue weighted by Gasteiger charge is -2.00. The normalized spacial score (nSPS) is 9.86. The molecule has 14 heavy (non-hydrogen) atoms. The van der Waals surface area contributed by atoms with Crippen LogP contribution in [0.5, 0.6) is 0 Å². The SMILES string of the molecule is CC(=O)Sc1cccc(SC(C)=O)c1. The van der Waals surface area contributed by atoms with Gasteiger partial charge in [0, 0.05) is 23.6 Å². The maximum Gasteiger partial charge on any atom is 0.190 e. The summed E-state index contributed by atoms with van der Waals surface area (Å²) < 4.78 is 0. The molecule has 0 bridgehead atoms. The first-order valence-electron chi connectivity index (χ1n) is 4.05. The van der Waals surface area contributed by atoms with Crippen LogP contribution in [0.2, 0.25) is 0 Å². The quantitative estimate of drug-likeness (QED) is 0.726. The standard InChI is InChI=1S/C10H10O2S2/c1-7(11)13-9-4-3-5-10(6-9)14-8(2)12/h3-6H,1-2H3. The third-order valence-corrected chi connectivity index (χ3v) is 2.88. The Bertz CT molecular complexity index is 330. The first kappa shape index (κ1) is 11.3. The van der Waals surface area contributed by atoms with Gasteiger partial charge < -0.3 is 0 Å². The Morgan fingerprint density at radius 3 is 1.79 bits per heavy atom. The van der Waals surface area contributed by atoms with Crippen LogP contribution >= 0.6 is 23.5 Å². The summed E-state index contributed by atoms with van der Waals surface area (Å²) in [5.74, 6) is 0. The van der Waals surface area contributed by atoms with Gasteiger partial charge in [-0.05, 0) is 18.2 Å². The Kier molecular flexibility index (Phi) is 4.22. The van der Waals surface area contributed by atoms with Gasteiger partial charge in [-0.1, -0.05) is 29.6 Å². The molecule has 0 spiro atoms. The Labute approximate surface area is 91.5 Å². The van der Waals surface area contributed by atoms with E-state index in [4.69, 9.17) is 0 Å². The molecule has 0 unspecified atom stereocenters. The van der Waals surface area contributed by atoms with Crippen molar-refractivity contribution in [3.05, 3.63) is 24.3 Å². The average Bonchev–Trinajstić information content (AvgIpc) is 2.01. The van der Waals surface area contributed by atoms with Crippen molar-refractivity contribution < 1.29 is 9.59 Å². The summed E-state index contributed by atoms with van der Waals surface area (Å²) in [7, 11) is 0. The third-order valence-electron chi connectivity index (χ3n) is 1.33. The molecule has 0 saturated heterocycles. The van der Waals surface area contributed by atoms with Crippen LogP contribution in [0.15, 0.2) is 34.1 Å². The molecule has 0 atom stereocenters. The van der Waals surface area contributed by atoms with Crippen molar-refractivity contribution in [1.29, 1.82) is 0 Å². The first-order chi connectivity index (χ1) is 6.58. The Hall–Kier alpha value is -0.740. The second kappa shape index (κ2) is 5.22. The molecule has 0 fully saturated rings. The molecule has 0 N–H and O–H groups in total. The summed E-state index contributed by atoms with van der Waals surface area (Å²) in [5.41, 5.74) is 0. The van der Waals surface area contributed by atoms with Crippen molar-refractivity contribution in [3.8, 4) is 0 Å². The van der Waals surface area contributed by atoms with E-state index in [1.165, 1.54) is 37.4 Å². The predicted octanol–water partition coefficient (Wildman–Crippen LogP) is 2.96. The summed E-state index contributed by atoms with van der Waals surface area (Å²) in [5, 5.41) is 0.102. The van der Waals surface area contributed by atoms with E-state index in [2.05, 4.69) is 0 Å². The lowest BCUT2D eigenvalue weighted by atomic mass is 10.4. The molecule has 0 heterocycles. The zero-order valence-corrected chi connectivity index (χ0v) is 9.58. The van der Waals surface area contributed by atoms with E-state index in [0.717, 1.165) is 9.79 Å². The van der Waals surface area contributed by atoms with Gasteiger partial charge in [0.1, 0.15) is 0 Å². The fraction of sp³-hybridized carbons (Fsp3) is 0.200. The fourth-order valence-electron chi connectivity index (χ4n) is 0.933. The Balaban J connectivity index is 2.78. The molecule has 0 aliphatic heterocycles. The molecule has 2 nitrogen and oxygen atoms in total. The Morgan fingerprint density at radius 2 is 1.43 bits per heavy atom. The smallest absolute Gasteiger partial charge is 0.190 e. The Morgan fingerprint density at radius 1 is 1.00 bits per heavy atom. The minimum absolute atomic E-state index is 0.0509. The highest BCUT2D eigenvalue weighted by Gasteiger charge is 2.02. The highest BCUT2D eigenvalue weighted by molar-refractivity contribution is 8.14. The van der Waals surface area contributed by atoms with Crippen molar-refractivity contribution >= 4 is 33.8 Å². The molecule has 0 saturated carbocycles. The van der Waals surface area contributed by atoms with Gasteiger partial charge in [0.2, 0.25) is 0 Å². The molecular weight excluding hydrogens is 216 g/mol. The van der Waals surface area contributed by atoms with E-state index in [0.29, 0.717) is 0 Å². The summed E-state index contributed by atoms with van der Waals surface area (Å²) >= 11 is 2.35. The number of carbonyl (C=O) groups is 2. The maximum atomic E-state index is 10.8. The maximum absolute atomic E-state index is 10.8. The molecule has 1 aromatic rings. The van der Waals surface area contributed by atoms with Crippen molar-refractivity contribution in [2.24, 2.45) is 0 Å². The lowest BCUT2D eigenvalue weighted by molar-refractivity contribution is -0.109. The van der Waals surface area contributed by atoms with Crippen molar-refractivity contribution in [2.75, 3.05) is 0 Å². The molecule has 0 aliphatic rings. The van der Waals surface area contributed by atoms with E-state index < -0.39 is 0 Å². The molecule has 0 amide bonds. The van der Waals surface area contributed by atoms with Gasteiger partial charge in [-0.3, -0.25) is 9.59 Å². The molecule has 0 aromatic heterocycles. The minimum atomic E-state index is 0.0509. The molecule has 74 valence electrons. The second-order valence-corrected chi connectivity index (χ2v) is 5.16. The summed E-state index contributed by atoms with van der Waals surface area (Å²) in [6, 6.07) is 7.40. The largest absolute Gasteiger partial charge is 0.287 e. The summed E-state index contributed by atoms with van der Waals surface area (Å²) in [6.07, 6.45) is 0. The molecule has 1 aromatic carbocycles. The molecule has 0 aliphatic carbocycles. The van der Waals surface area contributed by atoms with Gasteiger partial charge in [-0.25, -0.2) is 0 Å². The lowest BCUT2D eigenvalue weighted by Crippen LogP contribution is -1.84. The van der Waals surface area contributed by atoms with E-state index in [-0.39, 0.29) is 10.2 Å². The van der Waals surface area contributed by atoms with E-state index >= 15 is 0 Å².